The average molecular weight is 269 g/mol. The fraction of sp³-hybridized carbons (Fsp3) is 0.500. The Morgan fingerprint density at radius 2 is 2.16 bits per heavy atom. The molecule has 1 atom stereocenters. The number of carbonyl (C=O) groups is 1. The molecule has 0 aromatic heterocycles. The highest BCUT2D eigenvalue weighted by molar-refractivity contribution is 5.67. The predicted octanol–water partition coefficient (Wildman–Crippen LogP) is 2.60. The molecule has 4 nitrogen and oxygen atoms in total. The van der Waals surface area contributed by atoms with E-state index in [1.165, 1.54) is 19.2 Å². The van der Waals surface area contributed by atoms with E-state index in [-0.39, 0.29) is 18.3 Å². The Morgan fingerprint density at radius 1 is 1.53 bits per heavy atom. The second-order valence-electron chi connectivity index (χ2n) is 5.17. The smallest absolute Gasteiger partial charge is 0.303 e. The number of hydrogen-bond donors (Lipinski definition) is 2. The van der Waals surface area contributed by atoms with Crippen molar-refractivity contribution in [2.75, 3.05) is 14.2 Å². The summed E-state index contributed by atoms with van der Waals surface area (Å²) in [5.41, 5.74) is 0.0398. The molecule has 0 aliphatic carbocycles. The summed E-state index contributed by atoms with van der Waals surface area (Å²) in [7, 11) is 3.23. The fourth-order valence-electron chi connectivity index (χ4n) is 2.39. The van der Waals surface area contributed by atoms with Gasteiger partial charge in [-0.1, -0.05) is 13.8 Å². The first-order valence-electron chi connectivity index (χ1n) is 6.04. The van der Waals surface area contributed by atoms with E-state index >= 15 is 0 Å². The largest absolute Gasteiger partial charge is 0.496 e. The van der Waals surface area contributed by atoms with Crippen molar-refractivity contribution in [3.63, 3.8) is 0 Å². The minimum absolute atomic E-state index is 0.0296. The summed E-state index contributed by atoms with van der Waals surface area (Å²) in [6.07, 6.45) is -0.0296. The molecule has 0 saturated carbocycles. The molecular weight excluding hydrogens is 249 g/mol. The zero-order chi connectivity index (χ0) is 14.6. The van der Waals surface area contributed by atoms with Crippen LogP contribution in [0.3, 0.4) is 0 Å². The van der Waals surface area contributed by atoms with Crippen molar-refractivity contribution in [3.8, 4) is 5.75 Å². The second-order valence-corrected chi connectivity index (χ2v) is 5.17. The highest BCUT2D eigenvalue weighted by atomic mass is 19.1. The van der Waals surface area contributed by atoms with Crippen LogP contribution in [0.25, 0.3) is 0 Å². The molecule has 5 heteroatoms. The molecule has 0 spiro atoms. The molecule has 2 N–H and O–H groups in total. The van der Waals surface area contributed by atoms with Gasteiger partial charge in [0.05, 0.1) is 13.5 Å². The first-order chi connectivity index (χ1) is 8.81. The van der Waals surface area contributed by atoms with Crippen molar-refractivity contribution in [2.45, 2.75) is 26.3 Å². The van der Waals surface area contributed by atoms with Gasteiger partial charge in [-0.2, -0.15) is 0 Å². The van der Waals surface area contributed by atoms with Gasteiger partial charge in [0.25, 0.3) is 0 Å². The van der Waals surface area contributed by atoms with Crippen LogP contribution in [0.2, 0.25) is 0 Å². The molecule has 19 heavy (non-hydrogen) atoms. The minimum atomic E-state index is -0.888. The lowest BCUT2D eigenvalue weighted by Gasteiger charge is -2.34. The molecule has 1 aromatic carbocycles. The topological polar surface area (TPSA) is 58.6 Å². The molecule has 0 saturated heterocycles. The summed E-state index contributed by atoms with van der Waals surface area (Å²) < 4.78 is 18.7. The van der Waals surface area contributed by atoms with Crippen molar-refractivity contribution in [1.29, 1.82) is 0 Å². The molecule has 1 unspecified atom stereocenters. The van der Waals surface area contributed by atoms with Gasteiger partial charge < -0.3 is 15.2 Å². The van der Waals surface area contributed by atoms with Crippen LogP contribution in [0.15, 0.2) is 18.2 Å². The number of benzene rings is 1. The van der Waals surface area contributed by atoms with Crippen molar-refractivity contribution in [3.05, 3.63) is 29.6 Å². The fourth-order valence-corrected chi connectivity index (χ4v) is 2.39. The van der Waals surface area contributed by atoms with E-state index < -0.39 is 11.4 Å². The predicted molar refractivity (Wildman–Crippen MR) is 70.8 cm³/mol. The Labute approximate surface area is 112 Å². The lowest BCUT2D eigenvalue weighted by molar-refractivity contribution is -0.139. The summed E-state index contributed by atoms with van der Waals surface area (Å²) in [4.78, 5) is 11.0. The Kier molecular flexibility index (Phi) is 4.89. The summed E-state index contributed by atoms with van der Waals surface area (Å²) in [5.74, 6) is -0.720. The third-order valence-corrected chi connectivity index (χ3v) is 3.18. The van der Waals surface area contributed by atoms with Gasteiger partial charge in [0, 0.05) is 11.6 Å². The van der Waals surface area contributed by atoms with E-state index in [0.29, 0.717) is 11.3 Å². The van der Waals surface area contributed by atoms with Crippen LogP contribution in [-0.2, 0) is 4.79 Å². The van der Waals surface area contributed by atoms with E-state index in [2.05, 4.69) is 5.32 Å². The molecular formula is C14H20FNO3. The molecule has 0 amide bonds. The maximum Gasteiger partial charge on any atom is 0.303 e. The number of methoxy groups -OCH3 is 1. The molecule has 0 heterocycles. The number of carboxylic acid groups (broad SMARTS) is 1. The quantitative estimate of drug-likeness (QED) is 0.833. The average Bonchev–Trinajstić information content (AvgIpc) is 2.28. The molecule has 0 aliphatic rings. The van der Waals surface area contributed by atoms with Crippen LogP contribution >= 0.6 is 0 Å². The van der Waals surface area contributed by atoms with E-state index in [0.717, 1.165) is 0 Å². The number of rotatable bonds is 6. The standard InChI is InChI=1S/C14H20FNO3/c1-14(2,8-12(17)18)13(16-3)10-7-9(15)5-6-11(10)19-4/h5-7,13,16H,8H2,1-4H3,(H,17,18). The van der Waals surface area contributed by atoms with Crippen molar-refractivity contribution >= 4 is 5.97 Å². The number of halogens is 1. The van der Waals surface area contributed by atoms with Crippen molar-refractivity contribution < 1.29 is 19.0 Å². The zero-order valence-electron chi connectivity index (χ0n) is 11.7. The van der Waals surface area contributed by atoms with Crippen molar-refractivity contribution in [1.82, 2.24) is 5.32 Å². The third kappa shape index (κ3) is 3.67. The second kappa shape index (κ2) is 6.02. The molecule has 0 bridgehead atoms. The van der Waals surface area contributed by atoms with Gasteiger partial charge in [-0.15, -0.1) is 0 Å². The van der Waals surface area contributed by atoms with Crippen LogP contribution in [-0.4, -0.2) is 25.2 Å². The summed E-state index contributed by atoms with van der Waals surface area (Å²) in [6, 6.07) is 3.92. The van der Waals surface area contributed by atoms with Crippen LogP contribution in [0.4, 0.5) is 4.39 Å². The Morgan fingerprint density at radius 3 is 2.63 bits per heavy atom. The molecule has 1 rings (SSSR count). The molecule has 0 aliphatic heterocycles. The van der Waals surface area contributed by atoms with Gasteiger partial charge in [-0.3, -0.25) is 4.79 Å². The van der Waals surface area contributed by atoms with Crippen LogP contribution in [0.5, 0.6) is 5.75 Å². The molecule has 0 fully saturated rings. The molecule has 0 radical (unpaired) electrons. The molecule has 106 valence electrons. The zero-order valence-corrected chi connectivity index (χ0v) is 11.7. The maximum atomic E-state index is 13.4. The van der Waals surface area contributed by atoms with Gasteiger partial charge in [-0.25, -0.2) is 4.39 Å². The van der Waals surface area contributed by atoms with Crippen molar-refractivity contribution in [2.24, 2.45) is 5.41 Å². The van der Waals surface area contributed by atoms with Gasteiger partial charge >= 0.3 is 5.97 Å². The number of aliphatic carboxylic acids is 1. The highest BCUT2D eigenvalue weighted by Crippen LogP contribution is 2.40. The SMILES string of the molecule is CNC(c1cc(F)ccc1OC)C(C)(C)CC(=O)O. The highest BCUT2D eigenvalue weighted by Gasteiger charge is 2.34. The number of carboxylic acids is 1. The summed E-state index contributed by atoms with van der Waals surface area (Å²) >= 11 is 0. The monoisotopic (exact) mass is 269 g/mol. The Hall–Kier alpha value is -1.62. The summed E-state index contributed by atoms with van der Waals surface area (Å²) in [6.45, 7) is 3.65. The number of nitrogens with one attached hydrogen (secondary N) is 1. The maximum absolute atomic E-state index is 13.4. The Bertz CT molecular complexity index is 460. The van der Waals surface area contributed by atoms with Crippen LogP contribution < -0.4 is 10.1 Å². The number of hydrogen-bond acceptors (Lipinski definition) is 3. The van der Waals surface area contributed by atoms with E-state index in [1.54, 1.807) is 13.1 Å². The first-order valence-corrected chi connectivity index (χ1v) is 6.04. The van der Waals surface area contributed by atoms with E-state index in [1.807, 2.05) is 13.8 Å². The Balaban J connectivity index is 3.22. The van der Waals surface area contributed by atoms with E-state index in [9.17, 15) is 9.18 Å². The van der Waals surface area contributed by atoms with Gasteiger partial charge in [0.15, 0.2) is 0 Å². The van der Waals surface area contributed by atoms with Gasteiger partial charge in [-0.05, 0) is 30.7 Å². The first kappa shape index (κ1) is 15.4. The molecule has 1 aromatic rings. The number of ether oxygens (including phenoxy) is 1. The van der Waals surface area contributed by atoms with Gasteiger partial charge in [0.1, 0.15) is 11.6 Å². The lowest BCUT2D eigenvalue weighted by atomic mass is 9.77. The van der Waals surface area contributed by atoms with Crippen LogP contribution in [0, 0.1) is 11.2 Å². The van der Waals surface area contributed by atoms with Crippen LogP contribution in [0.1, 0.15) is 31.9 Å². The van der Waals surface area contributed by atoms with E-state index in [4.69, 9.17) is 9.84 Å². The normalized spacial score (nSPS) is 13.1. The summed E-state index contributed by atoms with van der Waals surface area (Å²) in [5, 5.41) is 12.0. The minimum Gasteiger partial charge on any atom is -0.496 e. The lowest BCUT2D eigenvalue weighted by Crippen LogP contribution is -2.34. The van der Waals surface area contributed by atoms with Gasteiger partial charge in [0.2, 0.25) is 0 Å². The third-order valence-electron chi connectivity index (χ3n) is 3.18.